The van der Waals surface area contributed by atoms with E-state index in [4.69, 9.17) is 5.84 Å². The molecule has 1 aliphatic carbocycles. The van der Waals surface area contributed by atoms with Gasteiger partial charge in [-0.05, 0) is 19.3 Å². The minimum atomic E-state index is 0.648. The SMILES string of the molecule is CCCc1nc(NN)cc(N(C)C2CC2)n1. The molecule has 0 unspecified atom stereocenters. The Morgan fingerprint density at radius 3 is 2.81 bits per heavy atom. The van der Waals surface area contributed by atoms with Gasteiger partial charge in [0.2, 0.25) is 0 Å². The average molecular weight is 221 g/mol. The van der Waals surface area contributed by atoms with Gasteiger partial charge in [0.1, 0.15) is 17.5 Å². The molecule has 88 valence electrons. The lowest BCUT2D eigenvalue weighted by molar-refractivity contribution is 0.811. The summed E-state index contributed by atoms with van der Waals surface area (Å²) in [5.41, 5.74) is 2.60. The summed E-state index contributed by atoms with van der Waals surface area (Å²) >= 11 is 0. The molecule has 1 aromatic rings. The summed E-state index contributed by atoms with van der Waals surface area (Å²) in [5, 5.41) is 0. The summed E-state index contributed by atoms with van der Waals surface area (Å²) in [6, 6.07) is 2.55. The molecule has 1 fully saturated rings. The molecule has 0 aromatic carbocycles. The average Bonchev–Trinajstić information content (AvgIpc) is 3.12. The Hall–Kier alpha value is -1.36. The molecule has 0 spiro atoms. The van der Waals surface area contributed by atoms with Crippen molar-refractivity contribution in [2.45, 2.75) is 38.6 Å². The molecular weight excluding hydrogens is 202 g/mol. The van der Waals surface area contributed by atoms with Gasteiger partial charge in [0.25, 0.3) is 0 Å². The van der Waals surface area contributed by atoms with Gasteiger partial charge in [0.05, 0.1) is 0 Å². The monoisotopic (exact) mass is 221 g/mol. The van der Waals surface area contributed by atoms with Crippen LogP contribution in [0.15, 0.2) is 6.07 Å². The van der Waals surface area contributed by atoms with Crippen molar-refractivity contribution in [2.75, 3.05) is 17.4 Å². The maximum absolute atomic E-state index is 5.42. The number of aromatic nitrogens is 2. The molecule has 5 nitrogen and oxygen atoms in total. The van der Waals surface area contributed by atoms with Crippen LogP contribution in [-0.4, -0.2) is 23.1 Å². The van der Waals surface area contributed by atoms with Crippen LogP contribution in [0.1, 0.15) is 32.0 Å². The quantitative estimate of drug-likeness (QED) is 0.579. The van der Waals surface area contributed by atoms with Crippen LogP contribution in [0.2, 0.25) is 0 Å². The van der Waals surface area contributed by atoms with Crippen LogP contribution in [0, 0.1) is 0 Å². The summed E-state index contributed by atoms with van der Waals surface area (Å²) in [5.74, 6) is 7.94. The Labute approximate surface area is 96.0 Å². The number of rotatable bonds is 5. The molecule has 0 atom stereocenters. The topological polar surface area (TPSA) is 67.1 Å². The second kappa shape index (κ2) is 4.65. The molecule has 1 aliphatic rings. The van der Waals surface area contributed by atoms with E-state index < -0.39 is 0 Å². The van der Waals surface area contributed by atoms with E-state index in [1.54, 1.807) is 0 Å². The molecule has 3 N–H and O–H groups in total. The lowest BCUT2D eigenvalue weighted by atomic mass is 10.3. The van der Waals surface area contributed by atoms with E-state index in [0.717, 1.165) is 24.5 Å². The summed E-state index contributed by atoms with van der Waals surface area (Å²) in [6.45, 7) is 2.12. The Balaban J connectivity index is 2.24. The van der Waals surface area contributed by atoms with Crippen molar-refractivity contribution in [3.63, 3.8) is 0 Å². The summed E-state index contributed by atoms with van der Waals surface area (Å²) in [4.78, 5) is 11.1. The van der Waals surface area contributed by atoms with E-state index in [9.17, 15) is 0 Å². The first-order chi connectivity index (χ1) is 7.74. The molecule has 5 heteroatoms. The molecular formula is C11H19N5. The van der Waals surface area contributed by atoms with Crippen molar-refractivity contribution in [3.05, 3.63) is 11.9 Å². The fraction of sp³-hybridized carbons (Fsp3) is 0.636. The van der Waals surface area contributed by atoms with E-state index in [0.29, 0.717) is 11.9 Å². The smallest absolute Gasteiger partial charge is 0.145 e. The van der Waals surface area contributed by atoms with E-state index in [1.807, 2.05) is 6.07 Å². The van der Waals surface area contributed by atoms with Crippen molar-refractivity contribution >= 4 is 11.6 Å². The van der Waals surface area contributed by atoms with Crippen molar-refractivity contribution in [1.29, 1.82) is 0 Å². The molecule has 2 rings (SSSR count). The van der Waals surface area contributed by atoms with Crippen molar-refractivity contribution in [3.8, 4) is 0 Å². The van der Waals surface area contributed by atoms with E-state index >= 15 is 0 Å². The second-order valence-corrected chi connectivity index (χ2v) is 4.26. The Bertz CT molecular complexity index is 361. The molecule has 0 saturated heterocycles. The number of hydrazine groups is 1. The Morgan fingerprint density at radius 1 is 1.50 bits per heavy atom. The number of nitrogen functional groups attached to an aromatic ring is 1. The van der Waals surface area contributed by atoms with Crippen molar-refractivity contribution in [1.82, 2.24) is 9.97 Å². The predicted octanol–water partition coefficient (Wildman–Crippen LogP) is 1.31. The first kappa shape index (κ1) is 11.1. The van der Waals surface area contributed by atoms with Gasteiger partial charge in [0.15, 0.2) is 0 Å². The first-order valence-electron chi connectivity index (χ1n) is 5.82. The Kier molecular flexibility index (Phi) is 3.24. The van der Waals surface area contributed by atoms with Gasteiger partial charge in [-0.15, -0.1) is 0 Å². The molecule has 0 aliphatic heterocycles. The number of anilines is 2. The van der Waals surface area contributed by atoms with Crippen LogP contribution in [-0.2, 0) is 6.42 Å². The Morgan fingerprint density at radius 2 is 2.25 bits per heavy atom. The number of nitrogens with one attached hydrogen (secondary N) is 1. The fourth-order valence-electron chi connectivity index (χ4n) is 1.72. The fourth-order valence-corrected chi connectivity index (χ4v) is 1.72. The van der Waals surface area contributed by atoms with Crippen LogP contribution in [0.3, 0.4) is 0 Å². The van der Waals surface area contributed by atoms with Crippen molar-refractivity contribution in [2.24, 2.45) is 5.84 Å². The number of hydrogen-bond acceptors (Lipinski definition) is 5. The third kappa shape index (κ3) is 2.41. The summed E-state index contributed by atoms with van der Waals surface area (Å²) in [6.07, 6.45) is 4.45. The highest BCUT2D eigenvalue weighted by Gasteiger charge is 2.27. The van der Waals surface area contributed by atoms with Gasteiger partial charge in [-0.1, -0.05) is 6.92 Å². The molecule has 0 amide bonds. The van der Waals surface area contributed by atoms with Crippen molar-refractivity contribution < 1.29 is 0 Å². The van der Waals surface area contributed by atoms with E-state index in [2.05, 4.69) is 34.3 Å². The second-order valence-electron chi connectivity index (χ2n) is 4.26. The number of nitrogens with zero attached hydrogens (tertiary/aromatic N) is 3. The first-order valence-corrected chi connectivity index (χ1v) is 5.82. The number of nitrogens with two attached hydrogens (primary N) is 1. The lowest BCUT2D eigenvalue weighted by Gasteiger charge is -2.18. The normalized spacial score (nSPS) is 14.9. The highest BCUT2D eigenvalue weighted by molar-refractivity contribution is 5.49. The zero-order chi connectivity index (χ0) is 11.5. The van der Waals surface area contributed by atoms with Crippen LogP contribution < -0.4 is 16.2 Å². The summed E-state index contributed by atoms with van der Waals surface area (Å²) in [7, 11) is 2.08. The molecule has 1 aromatic heterocycles. The highest BCUT2D eigenvalue weighted by Crippen LogP contribution is 2.29. The van der Waals surface area contributed by atoms with Crippen LogP contribution in [0.4, 0.5) is 11.6 Å². The molecule has 0 radical (unpaired) electrons. The molecule has 16 heavy (non-hydrogen) atoms. The minimum Gasteiger partial charge on any atom is -0.357 e. The minimum absolute atomic E-state index is 0.648. The largest absolute Gasteiger partial charge is 0.357 e. The van der Waals surface area contributed by atoms with E-state index in [-0.39, 0.29) is 0 Å². The molecule has 0 bridgehead atoms. The van der Waals surface area contributed by atoms with Gasteiger partial charge in [-0.3, -0.25) is 0 Å². The van der Waals surface area contributed by atoms with Crippen LogP contribution in [0.5, 0.6) is 0 Å². The molecule has 1 heterocycles. The van der Waals surface area contributed by atoms with Gasteiger partial charge in [0, 0.05) is 25.6 Å². The maximum Gasteiger partial charge on any atom is 0.145 e. The zero-order valence-electron chi connectivity index (χ0n) is 9.90. The van der Waals surface area contributed by atoms with E-state index in [1.165, 1.54) is 12.8 Å². The lowest BCUT2D eigenvalue weighted by Crippen LogP contribution is -2.22. The third-order valence-electron chi connectivity index (χ3n) is 2.84. The third-order valence-corrected chi connectivity index (χ3v) is 2.84. The standard InChI is InChI=1S/C11H19N5/c1-3-4-9-13-10(15-12)7-11(14-9)16(2)8-5-6-8/h7-8H,3-6,12H2,1-2H3,(H,13,14,15). The maximum atomic E-state index is 5.42. The predicted molar refractivity (Wildman–Crippen MR) is 65.3 cm³/mol. The zero-order valence-corrected chi connectivity index (χ0v) is 9.90. The van der Waals surface area contributed by atoms with Crippen LogP contribution in [0.25, 0.3) is 0 Å². The van der Waals surface area contributed by atoms with Gasteiger partial charge < -0.3 is 10.3 Å². The van der Waals surface area contributed by atoms with Gasteiger partial charge >= 0.3 is 0 Å². The molecule has 1 saturated carbocycles. The van der Waals surface area contributed by atoms with Crippen LogP contribution >= 0.6 is 0 Å². The number of aryl methyl sites for hydroxylation is 1. The summed E-state index contributed by atoms with van der Waals surface area (Å²) < 4.78 is 0. The van der Waals surface area contributed by atoms with Gasteiger partial charge in [-0.25, -0.2) is 15.8 Å². The number of hydrogen-bond donors (Lipinski definition) is 2. The highest BCUT2D eigenvalue weighted by atomic mass is 15.3. The van der Waals surface area contributed by atoms with Gasteiger partial charge in [-0.2, -0.15) is 0 Å².